The molecular weight excluding hydrogens is 714 g/mol. The lowest BCUT2D eigenvalue weighted by atomic mass is 10.0. The van der Waals surface area contributed by atoms with Gasteiger partial charge in [0.2, 0.25) is 11.8 Å². The van der Waals surface area contributed by atoms with Gasteiger partial charge in [0, 0.05) is 28.5 Å². The maximum absolute atomic E-state index is 14.8. The molecule has 252 valence electrons. The summed E-state index contributed by atoms with van der Waals surface area (Å²) in [5, 5.41) is 3.46. The third kappa shape index (κ3) is 8.78. The predicted molar refractivity (Wildman–Crippen MR) is 193 cm³/mol. The Balaban J connectivity index is 1.60. The fraction of sp³-hybridized carbons (Fsp3) is 0.297. The van der Waals surface area contributed by atoms with E-state index < -0.39 is 28.5 Å². The van der Waals surface area contributed by atoms with Gasteiger partial charge in [-0.05, 0) is 73.4 Å². The van der Waals surface area contributed by atoms with E-state index in [4.69, 9.17) is 16.3 Å². The second kappa shape index (κ2) is 16.0. The highest BCUT2D eigenvalue weighted by Gasteiger charge is 2.36. The predicted octanol–water partition coefficient (Wildman–Crippen LogP) is 7.31. The first kappa shape index (κ1) is 35.4. The van der Waals surface area contributed by atoms with Gasteiger partial charge in [-0.25, -0.2) is 8.42 Å². The van der Waals surface area contributed by atoms with Crippen LogP contribution in [0.3, 0.4) is 0 Å². The molecule has 1 saturated carbocycles. The van der Waals surface area contributed by atoms with Crippen LogP contribution in [0.2, 0.25) is 5.02 Å². The molecule has 4 aromatic carbocycles. The van der Waals surface area contributed by atoms with Crippen LogP contribution in [0.4, 0.5) is 5.69 Å². The van der Waals surface area contributed by atoms with Crippen molar-refractivity contribution in [1.82, 2.24) is 10.2 Å². The van der Waals surface area contributed by atoms with Crippen molar-refractivity contribution >= 4 is 55.1 Å². The van der Waals surface area contributed by atoms with Crippen LogP contribution in [0, 0.1) is 6.92 Å². The number of nitrogens with zero attached hydrogens (tertiary/aromatic N) is 2. The molecule has 11 heteroatoms. The lowest BCUT2D eigenvalue weighted by Crippen LogP contribution is -2.54. The van der Waals surface area contributed by atoms with Gasteiger partial charge in [-0.2, -0.15) is 0 Å². The first-order chi connectivity index (χ1) is 23.0. The fourth-order valence-corrected chi connectivity index (χ4v) is 7.99. The molecule has 2 amide bonds. The van der Waals surface area contributed by atoms with Crippen molar-refractivity contribution < 1.29 is 22.7 Å². The number of nitrogens with one attached hydrogen (secondary N) is 1. The van der Waals surface area contributed by atoms with Crippen LogP contribution in [0.25, 0.3) is 0 Å². The van der Waals surface area contributed by atoms with Gasteiger partial charge in [0.15, 0.2) is 0 Å². The number of amides is 2. The fourth-order valence-electron chi connectivity index (χ4n) is 5.96. The molecule has 1 N–H and O–H groups in total. The van der Waals surface area contributed by atoms with Crippen LogP contribution in [0.5, 0.6) is 5.75 Å². The number of rotatable bonds is 13. The summed E-state index contributed by atoms with van der Waals surface area (Å²) in [7, 11) is -2.89. The molecule has 4 aromatic rings. The number of halogens is 2. The number of methoxy groups -OCH3 is 1. The van der Waals surface area contributed by atoms with Crippen molar-refractivity contribution in [2.24, 2.45) is 0 Å². The summed E-state index contributed by atoms with van der Waals surface area (Å²) >= 11 is 9.91. The van der Waals surface area contributed by atoms with Crippen LogP contribution in [-0.4, -0.2) is 50.9 Å². The smallest absolute Gasteiger partial charge is 0.264 e. The van der Waals surface area contributed by atoms with Gasteiger partial charge < -0.3 is 15.0 Å². The summed E-state index contributed by atoms with van der Waals surface area (Å²) in [5.74, 6) is -0.612. The number of carbonyl (C=O) groups excluding carboxylic acids is 2. The van der Waals surface area contributed by atoms with Crippen molar-refractivity contribution in [3.63, 3.8) is 0 Å². The molecule has 1 fully saturated rings. The number of ether oxygens (including phenoxy) is 1. The van der Waals surface area contributed by atoms with Gasteiger partial charge >= 0.3 is 0 Å². The third-order valence-electron chi connectivity index (χ3n) is 8.51. The Morgan fingerprint density at radius 1 is 0.938 bits per heavy atom. The molecule has 0 saturated heterocycles. The second-order valence-electron chi connectivity index (χ2n) is 12.0. The third-order valence-corrected chi connectivity index (χ3v) is 11.0. The maximum atomic E-state index is 14.8. The zero-order valence-corrected chi connectivity index (χ0v) is 30.1. The number of sulfonamides is 1. The van der Waals surface area contributed by atoms with Crippen LogP contribution in [-0.2, 0) is 32.6 Å². The van der Waals surface area contributed by atoms with Gasteiger partial charge in [-0.3, -0.25) is 13.9 Å². The second-order valence-corrected chi connectivity index (χ2v) is 15.2. The van der Waals surface area contributed by atoms with Crippen LogP contribution >= 0.6 is 27.5 Å². The first-order valence-corrected chi connectivity index (χ1v) is 18.5. The molecule has 0 bridgehead atoms. The average Bonchev–Trinajstić information content (AvgIpc) is 3.58. The van der Waals surface area contributed by atoms with E-state index in [1.54, 1.807) is 24.3 Å². The average molecular weight is 753 g/mol. The number of hydrogen-bond acceptors (Lipinski definition) is 5. The summed E-state index contributed by atoms with van der Waals surface area (Å²) in [4.78, 5) is 30.4. The zero-order valence-electron chi connectivity index (χ0n) is 26.9. The minimum absolute atomic E-state index is 0.00119. The normalized spacial score (nSPS) is 13.9. The number of aryl methyl sites for hydroxylation is 1. The Kier molecular flexibility index (Phi) is 11.8. The van der Waals surface area contributed by atoms with Gasteiger partial charge in [0.05, 0.1) is 17.7 Å². The Labute approximate surface area is 296 Å². The Morgan fingerprint density at radius 3 is 2.29 bits per heavy atom. The largest absolute Gasteiger partial charge is 0.495 e. The van der Waals surface area contributed by atoms with E-state index in [2.05, 4.69) is 21.2 Å². The molecule has 0 unspecified atom stereocenters. The number of anilines is 1. The molecule has 1 atom stereocenters. The monoisotopic (exact) mass is 751 g/mol. The van der Waals surface area contributed by atoms with Gasteiger partial charge in [-0.15, -0.1) is 0 Å². The quantitative estimate of drug-likeness (QED) is 0.155. The first-order valence-electron chi connectivity index (χ1n) is 15.9. The minimum Gasteiger partial charge on any atom is -0.495 e. The molecule has 5 rings (SSSR count). The lowest BCUT2D eigenvalue weighted by molar-refractivity contribution is -0.140. The molecule has 0 radical (unpaired) electrons. The molecule has 0 aromatic heterocycles. The molecule has 0 aliphatic heterocycles. The van der Waals surface area contributed by atoms with E-state index in [1.807, 2.05) is 61.5 Å². The van der Waals surface area contributed by atoms with Crippen molar-refractivity contribution in [3.8, 4) is 5.75 Å². The van der Waals surface area contributed by atoms with E-state index in [0.29, 0.717) is 0 Å². The molecular formula is C37H39BrClN3O5S. The maximum Gasteiger partial charge on any atom is 0.264 e. The Morgan fingerprint density at radius 2 is 1.62 bits per heavy atom. The summed E-state index contributed by atoms with van der Waals surface area (Å²) < 4.78 is 36.2. The highest BCUT2D eigenvalue weighted by molar-refractivity contribution is 9.10. The summed E-state index contributed by atoms with van der Waals surface area (Å²) in [5.41, 5.74) is 2.64. The molecule has 1 aliphatic rings. The van der Waals surface area contributed by atoms with E-state index in [0.717, 1.165) is 51.2 Å². The van der Waals surface area contributed by atoms with Crippen LogP contribution < -0.4 is 14.4 Å². The number of hydrogen-bond donors (Lipinski definition) is 1. The van der Waals surface area contributed by atoms with E-state index in [9.17, 15) is 18.0 Å². The number of benzene rings is 4. The SMILES string of the molecule is COc1ccc(Cl)cc1N(CC(=O)N(Cc1cccc(Br)c1)[C@@H](Cc1ccccc1)C(=O)NC1CCCC1)S(=O)(=O)c1ccc(C)cc1. The molecule has 8 nitrogen and oxygen atoms in total. The summed E-state index contributed by atoms with van der Waals surface area (Å²) in [6.45, 7) is 1.32. The lowest BCUT2D eigenvalue weighted by Gasteiger charge is -2.34. The van der Waals surface area contributed by atoms with Crippen molar-refractivity contribution in [1.29, 1.82) is 0 Å². The highest BCUT2D eigenvalue weighted by atomic mass is 79.9. The number of carbonyl (C=O) groups is 2. The molecule has 0 spiro atoms. The highest BCUT2D eigenvalue weighted by Crippen LogP contribution is 2.35. The van der Waals surface area contributed by atoms with Crippen molar-refractivity contribution in [2.75, 3.05) is 18.0 Å². The molecule has 48 heavy (non-hydrogen) atoms. The Hall–Kier alpha value is -3.86. The Bertz CT molecular complexity index is 1830. The van der Waals surface area contributed by atoms with E-state index >= 15 is 0 Å². The molecule has 0 heterocycles. The zero-order chi connectivity index (χ0) is 34.3. The van der Waals surface area contributed by atoms with Gasteiger partial charge in [-0.1, -0.05) is 101 Å². The van der Waals surface area contributed by atoms with E-state index in [1.165, 1.54) is 30.2 Å². The topological polar surface area (TPSA) is 96.0 Å². The summed E-state index contributed by atoms with van der Waals surface area (Å²) in [6, 6.07) is 27.1. The van der Waals surface area contributed by atoms with Crippen LogP contribution in [0.15, 0.2) is 106 Å². The van der Waals surface area contributed by atoms with E-state index in [-0.39, 0.29) is 46.3 Å². The molecule has 1 aliphatic carbocycles. The van der Waals surface area contributed by atoms with Gasteiger partial charge in [0.25, 0.3) is 10.0 Å². The van der Waals surface area contributed by atoms with Gasteiger partial charge in [0.1, 0.15) is 18.3 Å². The van der Waals surface area contributed by atoms with Crippen molar-refractivity contribution in [3.05, 3.63) is 123 Å². The minimum atomic E-state index is -4.31. The summed E-state index contributed by atoms with van der Waals surface area (Å²) in [6.07, 6.45) is 4.05. The van der Waals surface area contributed by atoms with Crippen LogP contribution in [0.1, 0.15) is 42.4 Å². The van der Waals surface area contributed by atoms with Crippen molar-refractivity contribution in [2.45, 2.75) is 62.6 Å². The standard InChI is InChI=1S/C37H39BrClN3O5S/c1-26-15-18-32(19-16-26)48(45,46)42(33-23-30(39)17-20-35(33)47-2)25-36(43)41(24-28-11-8-12-29(38)21-28)34(22-27-9-4-3-5-10-27)37(44)40-31-13-6-7-14-31/h3-5,8-12,15-21,23,31,34H,6-7,13-14,22,24-25H2,1-2H3,(H,40,44)/t34-/m0/s1.